The number of carboxylic acid groups (broad SMARTS) is 1. The van der Waals surface area contributed by atoms with Gasteiger partial charge < -0.3 is 10.2 Å². The Kier molecular flexibility index (Phi) is 3.45. The summed E-state index contributed by atoms with van der Waals surface area (Å²) in [5.41, 5.74) is -0.0995. The number of aliphatic hydroxyl groups is 1. The van der Waals surface area contributed by atoms with Crippen molar-refractivity contribution in [1.82, 2.24) is 0 Å². The average Bonchev–Trinajstić information content (AvgIpc) is 2.37. The number of carbonyl (C=O) groups is 1. The van der Waals surface area contributed by atoms with Crippen LogP contribution in [0.3, 0.4) is 0 Å². The Morgan fingerprint density at radius 1 is 1.53 bits per heavy atom. The summed E-state index contributed by atoms with van der Waals surface area (Å²) in [6, 6.07) is 5.51. The van der Waals surface area contributed by atoms with Crippen LogP contribution in [-0.2, 0) is 16.8 Å². The van der Waals surface area contributed by atoms with Crippen molar-refractivity contribution < 1.29 is 15.0 Å². The third kappa shape index (κ3) is 2.19. The average molecular weight is 252 g/mol. The molecule has 2 rings (SSSR count). The molecule has 17 heavy (non-hydrogen) atoms. The van der Waals surface area contributed by atoms with Gasteiger partial charge >= 0.3 is 5.97 Å². The van der Waals surface area contributed by atoms with Crippen molar-refractivity contribution in [2.24, 2.45) is 0 Å². The quantitative estimate of drug-likeness (QED) is 0.867. The first kappa shape index (κ1) is 12.5. The molecule has 0 aromatic heterocycles. The Labute approximate surface area is 105 Å². The number of fused-ring (bicyclic) bond motifs is 1. The summed E-state index contributed by atoms with van der Waals surface area (Å²) < 4.78 is 0. The molecular formula is C13H16O3S. The predicted molar refractivity (Wildman–Crippen MR) is 67.3 cm³/mol. The van der Waals surface area contributed by atoms with Gasteiger partial charge in [0.05, 0.1) is 0 Å². The first-order valence-corrected chi connectivity index (χ1v) is 6.78. The highest BCUT2D eigenvalue weighted by atomic mass is 32.2. The van der Waals surface area contributed by atoms with E-state index in [2.05, 4.69) is 0 Å². The van der Waals surface area contributed by atoms with Crippen LogP contribution in [0.5, 0.6) is 0 Å². The molecule has 0 spiro atoms. The monoisotopic (exact) mass is 252 g/mol. The van der Waals surface area contributed by atoms with Crippen molar-refractivity contribution in [2.75, 3.05) is 5.75 Å². The molecule has 0 amide bonds. The van der Waals surface area contributed by atoms with E-state index in [-0.39, 0.29) is 6.42 Å². The van der Waals surface area contributed by atoms with E-state index >= 15 is 0 Å². The van der Waals surface area contributed by atoms with Crippen molar-refractivity contribution >= 4 is 17.7 Å². The van der Waals surface area contributed by atoms with Crippen LogP contribution in [0, 0.1) is 0 Å². The molecule has 4 heteroatoms. The maximum absolute atomic E-state index is 11.2. The van der Waals surface area contributed by atoms with E-state index in [0.29, 0.717) is 5.56 Å². The Morgan fingerprint density at radius 3 is 2.94 bits per heavy atom. The van der Waals surface area contributed by atoms with E-state index in [1.54, 1.807) is 24.8 Å². The lowest BCUT2D eigenvalue weighted by atomic mass is 9.89. The fourth-order valence-corrected chi connectivity index (χ4v) is 3.12. The normalized spacial score (nSPS) is 18.2. The van der Waals surface area contributed by atoms with Crippen molar-refractivity contribution in [3.8, 4) is 0 Å². The van der Waals surface area contributed by atoms with Crippen molar-refractivity contribution in [3.05, 3.63) is 29.3 Å². The summed E-state index contributed by atoms with van der Waals surface area (Å²) in [6.45, 7) is 1.68. The molecule has 1 atom stereocenters. The van der Waals surface area contributed by atoms with Crippen molar-refractivity contribution in [2.45, 2.75) is 36.7 Å². The molecule has 2 N–H and O–H groups in total. The highest BCUT2D eigenvalue weighted by molar-refractivity contribution is 7.99. The third-order valence-electron chi connectivity index (χ3n) is 3.25. The lowest BCUT2D eigenvalue weighted by molar-refractivity contribution is -0.160. The van der Waals surface area contributed by atoms with Crippen LogP contribution in [0.15, 0.2) is 23.1 Å². The SMILES string of the molecule is CCC(O)(C(=O)O)c1ccc2c(c1)CCCS2. The Hall–Kier alpha value is -1.00. The number of aryl methyl sites for hydroxylation is 1. The maximum atomic E-state index is 11.2. The molecule has 0 radical (unpaired) electrons. The zero-order valence-electron chi connectivity index (χ0n) is 9.77. The van der Waals surface area contributed by atoms with Crippen molar-refractivity contribution in [1.29, 1.82) is 0 Å². The molecule has 0 saturated carbocycles. The van der Waals surface area contributed by atoms with Crippen LogP contribution in [0.2, 0.25) is 0 Å². The maximum Gasteiger partial charge on any atom is 0.340 e. The van der Waals surface area contributed by atoms with Gasteiger partial charge in [0.15, 0.2) is 5.60 Å². The summed E-state index contributed by atoms with van der Waals surface area (Å²) in [4.78, 5) is 12.4. The molecule has 0 saturated heterocycles. The van der Waals surface area contributed by atoms with Crippen molar-refractivity contribution in [3.63, 3.8) is 0 Å². The second kappa shape index (κ2) is 4.70. The molecule has 1 aromatic carbocycles. The summed E-state index contributed by atoms with van der Waals surface area (Å²) in [5.74, 6) is -0.0630. The third-order valence-corrected chi connectivity index (χ3v) is 4.45. The van der Waals surface area contributed by atoms with Crippen LogP contribution >= 0.6 is 11.8 Å². The van der Waals surface area contributed by atoms with Gasteiger partial charge in [0.25, 0.3) is 0 Å². The number of rotatable bonds is 3. The van der Waals surface area contributed by atoms with E-state index in [4.69, 9.17) is 5.11 Å². The molecule has 3 nitrogen and oxygen atoms in total. The first-order valence-electron chi connectivity index (χ1n) is 5.80. The number of aliphatic carboxylic acids is 1. The summed E-state index contributed by atoms with van der Waals surface area (Å²) in [6.07, 6.45) is 2.25. The largest absolute Gasteiger partial charge is 0.479 e. The molecule has 92 valence electrons. The molecule has 1 aliphatic rings. The zero-order valence-corrected chi connectivity index (χ0v) is 10.6. The lowest BCUT2D eigenvalue weighted by Crippen LogP contribution is -2.34. The fraction of sp³-hybridized carbons (Fsp3) is 0.462. The number of benzene rings is 1. The second-order valence-electron chi connectivity index (χ2n) is 4.29. The second-order valence-corrected chi connectivity index (χ2v) is 5.43. The minimum atomic E-state index is -1.75. The molecule has 1 heterocycles. The molecule has 0 fully saturated rings. The van der Waals surface area contributed by atoms with Gasteiger partial charge in [-0.2, -0.15) is 0 Å². The Bertz CT molecular complexity index is 444. The Balaban J connectivity index is 2.42. The smallest absolute Gasteiger partial charge is 0.340 e. The Morgan fingerprint density at radius 2 is 2.29 bits per heavy atom. The van der Waals surface area contributed by atoms with E-state index in [9.17, 15) is 9.90 Å². The van der Waals surface area contributed by atoms with Crippen LogP contribution in [0.4, 0.5) is 0 Å². The molecule has 0 aliphatic carbocycles. The first-order chi connectivity index (χ1) is 8.08. The predicted octanol–water partition coefficient (Wildman–Crippen LogP) is 2.41. The van der Waals surface area contributed by atoms with Gasteiger partial charge in [-0.25, -0.2) is 4.79 Å². The minimum absolute atomic E-state index is 0.175. The van der Waals surface area contributed by atoms with E-state index in [1.807, 2.05) is 12.1 Å². The van der Waals surface area contributed by atoms with Gasteiger partial charge in [-0.3, -0.25) is 0 Å². The summed E-state index contributed by atoms with van der Waals surface area (Å²) >= 11 is 1.79. The molecular weight excluding hydrogens is 236 g/mol. The molecule has 1 aliphatic heterocycles. The standard InChI is InChI=1S/C13H16O3S/c1-2-13(16,12(14)15)10-5-6-11-9(8-10)4-3-7-17-11/h5-6,8,16H,2-4,7H2,1H3,(H,14,15). The summed E-state index contributed by atoms with van der Waals surface area (Å²) in [7, 11) is 0. The highest BCUT2D eigenvalue weighted by Gasteiger charge is 2.36. The van der Waals surface area contributed by atoms with E-state index in [1.165, 1.54) is 4.90 Å². The number of thioether (sulfide) groups is 1. The number of hydrogen-bond donors (Lipinski definition) is 2. The van der Waals surface area contributed by atoms with E-state index in [0.717, 1.165) is 24.2 Å². The van der Waals surface area contributed by atoms with Crippen LogP contribution in [-0.4, -0.2) is 21.9 Å². The summed E-state index contributed by atoms with van der Waals surface area (Å²) in [5, 5.41) is 19.3. The van der Waals surface area contributed by atoms with Crippen LogP contribution < -0.4 is 0 Å². The van der Waals surface area contributed by atoms with Gasteiger partial charge in [-0.05, 0) is 42.2 Å². The van der Waals surface area contributed by atoms with E-state index < -0.39 is 11.6 Å². The van der Waals surface area contributed by atoms with Gasteiger partial charge in [0, 0.05) is 4.90 Å². The van der Waals surface area contributed by atoms with Crippen LogP contribution in [0.1, 0.15) is 30.9 Å². The molecule has 0 bridgehead atoms. The minimum Gasteiger partial charge on any atom is -0.479 e. The highest BCUT2D eigenvalue weighted by Crippen LogP contribution is 2.34. The zero-order chi connectivity index (χ0) is 12.5. The fourth-order valence-electron chi connectivity index (χ4n) is 2.10. The molecule has 1 unspecified atom stereocenters. The van der Waals surface area contributed by atoms with Gasteiger partial charge in [-0.15, -0.1) is 11.8 Å². The molecule has 1 aromatic rings. The topological polar surface area (TPSA) is 57.5 Å². The van der Waals surface area contributed by atoms with Gasteiger partial charge in [-0.1, -0.05) is 19.1 Å². The van der Waals surface area contributed by atoms with Gasteiger partial charge in [0.2, 0.25) is 0 Å². The van der Waals surface area contributed by atoms with Crippen LogP contribution in [0.25, 0.3) is 0 Å². The van der Waals surface area contributed by atoms with Gasteiger partial charge in [0.1, 0.15) is 0 Å². The number of hydrogen-bond acceptors (Lipinski definition) is 3. The lowest BCUT2D eigenvalue weighted by Gasteiger charge is -2.24. The number of carboxylic acids is 1.